The molecule has 29 heavy (non-hydrogen) atoms. The lowest BCUT2D eigenvalue weighted by molar-refractivity contribution is -0.00810. The third-order valence-electron chi connectivity index (χ3n) is 5.36. The zero-order valence-electron chi connectivity index (χ0n) is 17.9. The molecule has 3 heterocycles. The van der Waals surface area contributed by atoms with Crippen LogP contribution in [0.15, 0.2) is 24.4 Å². The van der Waals surface area contributed by atoms with E-state index in [-0.39, 0.29) is 24.2 Å². The first-order valence-corrected chi connectivity index (χ1v) is 10.8. The number of anilines is 1. The Morgan fingerprint density at radius 1 is 1.28 bits per heavy atom. The minimum Gasteiger partial charge on any atom is -0.444 e. The molecule has 0 spiro atoms. The van der Waals surface area contributed by atoms with Gasteiger partial charge in [0.25, 0.3) is 0 Å². The summed E-state index contributed by atoms with van der Waals surface area (Å²) in [5, 5.41) is 4.96. The van der Waals surface area contributed by atoms with Gasteiger partial charge in [0.2, 0.25) is 0 Å². The van der Waals surface area contributed by atoms with Gasteiger partial charge < -0.3 is 15.0 Å². The highest BCUT2D eigenvalue weighted by molar-refractivity contribution is 6.30. The topological polar surface area (TPSA) is 67.4 Å². The highest BCUT2D eigenvalue weighted by Crippen LogP contribution is 2.32. The predicted octanol–water partition coefficient (Wildman–Crippen LogP) is 5.65. The summed E-state index contributed by atoms with van der Waals surface area (Å²) in [4.78, 5) is 23.7. The van der Waals surface area contributed by atoms with Gasteiger partial charge in [-0.1, -0.05) is 25.4 Å². The number of carbonyl (C=O) groups excluding carboxylic acids is 1. The van der Waals surface area contributed by atoms with Crippen LogP contribution in [0.2, 0.25) is 5.15 Å². The predicted molar refractivity (Wildman–Crippen MR) is 117 cm³/mol. The molecule has 3 rings (SSSR count). The van der Waals surface area contributed by atoms with E-state index < -0.39 is 5.60 Å². The average molecular weight is 419 g/mol. The van der Waals surface area contributed by atoms with Crippen molar-refractivity contribution in [2.45, 2.75) is 84.0 Å². The van der Waals surface area contributed by atoms with E-state index in [2.05, 4.69) is 29.1 Å². The smallest absolute Gasteiger partial charge is 0.410 e. The molecule has 0 bridgehead atoms. The second-order valence-corrected chi connectivity index (χ2v) is 9.08. The van der Waals surface area contributed by atoms with E-state index in [0.29, 0.717) is 5.15 Å². The third-order valence-corrected chi connectivity index (χ3v) is 5.55. The third kappa shape index (κ3) is 5.10. The molecule has 0 aromatic carbocycles. The quantitative estimate of drug-likeness (QED) is 0.649. The molecule has 0 saturated carbocycles. The van der Waals surface area contributed by atoms with Gasteiger partial charge >= 0.3 is 6.09 Å². The Labute approximate surface area is 178 Å². The fourth-order valence-corrected chi connectivity index (χ4v) is 4.27. The van der Waals surface area contributed by atoms with Crippen LogP contribution in [0.1, 0.15) is 60.3 Å². The van der Waals surface area contributed by atoms with E-state index in [9.17, 15) is 4.79 Å². The van der Waals surface area contributed by atoms with Crippen LogP contribution < -0.4 is 5.32 Å². The van der Waals surface area contributed by atoms with Crippen LogP contribution in [0.25, 0.3) is 10.9 Å². The number of amides is 1. The van der Waals surface area contributed by atoms with Gasteiger partial charge in [-0.2, -0.15) is 0 Å². The van der Waals surface area contributed by atoms with Crippen molar-refractivity contribution in [2.75, 3.05) is 5.32 Å². The van der Waals surface area contributed by atoms with Gasteiger partial charge in [0, 0.05) is 35.8 Å². The number of piperidine rings is 1. The van der Waals surface area contributed by atoms with Crippen molar-refractivity contribution in [3.63, 3.8) is 0 Å². The largest absolute Gasteiger partial charge is 0.444 e. The van der Waals surface area contributed by atoms with E-state index in [1.165, 1.54) is 0 Å². The lowest BCUT2D eigenvalue weighted by Gasteiger charge is -2.45. The molecule has 1 fully saturated rings. The van der Waals surface area contributed by atoms with E-state index in [1.807, 2.05) is 37.8 Å². The highest BCUT2D eigenvalue weighted by atomic mass is 35.5. The number of pyridine rings is 2. The zero-order valence-corrected chi connectivity index (χ0v) is 18.7. The fourth-order valence-electron chi connectivity index (χ4n) is 4.08. The summed E-state index contributed by atoms with van der Waals surface area (Å²) in [5.74, 6) is 0.751. The molecule has 1 N–H and O–H groups in total. The molecule has 1 amide bonds. The molecule has 3 atom stereocenters. The Balaban J connectivity index is 1.83. The Bertz CT molecular complexity index is 854. The number of ether oxygens (including phenoxy) is 1. The number of aromatic nitrogens is 2. The summed E-state index contributed by atoms with van der Waals surface area (Å²) in [6.07, 6.45) is 4.95. The number of hydrogen-bond acceptors (Lipinski definition) is 5. The maximum absolute atomic E-state index is 12.9. The van der Waals surface area contributed by atoms with Crippen LogP contribution in [0, 0.1) is 0 Å². The van der Waals surface area contributed by atoms with Crippen LogP contribution in [0.5, 0.6) is 0 Å². The van der Waals surface area contributed by atoms with Gasteiger partial charge in [0.15, 0.2) is 0 Å². The summed E-state index contributed by atoms with van der Waals surface area (Å²) in [6.45, 7) is 9.96. The normalized spacial score (nSPS) is 22.6. The van der Waals surface area contributed by atoms with E-state index in [0.717, 1.165) is 42.4 Å². The molecule has 6 nitrogen and oxygen atoms in total. The van der Waals surface area contributed by atoms with E-state index in [1.54, 1.807) is 12.3 Å². The number of likely N-dealkylation sites (tertiary alicyclic amines) is 1. The average Bonchev–Trinajstić information content (AvgIpc) is 2.65. The van der Waals surface area contributed by atoms with Crippen LogP contribution in [-0.2, 0) is 4.74 Å². The van der Waals surface area contributed by atoms with Crippen molar-refractivity contribution in [1.29, 1.82) is 0 Å². The lowest BCUT2D eigenvalue weighted by atomic mass is 9.89. The van der Waals surface area contributed by atoms with Crippen LogP contribution >= 0.6 is 11.6 Å². The van der Waals surface area contributed by atoms with Gasteiger partial charge in [-0.05, 0) is 58.6 Å². The molecule has 0 aliphatic carbocycles. The van der Waals surface area contributed by atoms with Crippen LogP contribution in [0.4, 0.5) is 10.6 Å². The van der Waals surface area contributed by atoms with Crippen LogP contribution in [-0.4, -0.2) is 44.7 Å². The summed E-state index contributed by atoms with van der Waals surface area (Å²) >= 11 is 6.22. The van der Waals surface area contributed by atoms with Crippen molar-refractivity contribution in [1.82, 2.24) is 14.9 Å². The first-order valence-electron chi connectivity index (χ1n) is 10.4. The van der Waals surface area contributed by atoms with Gasteiger partial charge in [0.1, 0.15) is 16.6 Å². The summed E-state index contributed by atoms with van der Waals surface area (Å²) < 4.78 is 5.70. The minimum atomic E-state index is -0.501. The molecular formula is C22H31ClN4O2. The van der Waals surface area contributed by atoms with Gasteiger partial charge in [-0.25, -0.2) is 9.78 Å². The summed E-state index contributed by atoms with van der Waals surface area (Å²) in [5.41, 5.74) is 0.319. The van der Waals surface area contributed by atoms with Crippen molar-refractivity contribution in [3.05, 3.63) is 29.5 Å². The zero-order chi connectivity index (χ0) is 21.2. The Morgan fingerprint density at radius 2 is 1.93 bits per heavy atom. The summed E-state index contributed by atoms with van der Waals surface area (Å²) in [7, 11) is 0. The number of halogens is 1. The molecule has 158 valence electrons. The number of carbonyl (C=O) groups is 1. The molecule has 2 aromatic rings. The number of hydrogen-bond donors (Lipinski definition) is 1. The number of rotatable bonds is 4. The molecule has 2 aromatic heterocycles. The second kappa shape index (κ2) is 8.74. The van der Waals surface area contributed by atoms with Crippen molar-refractivity contribution in [2.24, 2.45) is 0 Å². The minimum absolute atomic E-state index is 0.115. The molecule has 0 radical (unpaired) electrons. The number of nitrogens with zero attached hydrogens (tertiary/aromatic N) is 3. The second-order valence-electron chi connectivity index (χ2n) is 8.69. The maximum atomic E-state index is 12.9. The highest BCUT2D eigenvalue weighted by Gasteiger charge is 2.39. The Kier molecular flexibility index (Phi) is 6.52. The standard InChI is InChI=1S/C22H31ClN4O2/c1-6-15-11-14(12-16(7-2)27(15)21(28)29-22(3,4)5)25-20-17-9-8-10-24-18(17)13-19(23)26-20/h8-10,13-16H,6-7,11-12H2,1-5H3,(H,25,26)/t14-,15-,16+. The first kappa shape index (κ1) is 21.6. The molecule has 7 heteroatoms. The van der Waals surface area contributed by atoms with E-state index in [4.69, 9.17) is 16.3 Å². The Hall–Kier alpha value is -2.08. The molecule has 1 saturated heterocycles. The molecule has 1 aliphatic rings. The summed E-state index contributed by atoms with van der Waals surface area (Å²) in [6, 6.07) is 6.10. The Morgan fingerprint density at radius 3 is 2.52 bits per heavy atom. The maximum Gasteiger partial charge on any atom is 0.410 e. The monoisotopic (exact) mass is 418 g/mol. The van der Waals surface area contributed by atoms with Gasteiger partial charge in [0.05, 0.1) is 5.52 Å². The van der Waals surface area contributed by atoms with Crippen molar-refractivity contribution in [3.8, 4) is 0 Å². The first-order chi connectivity index (χ1) is 13.7. The van der Waals surface area contributed by atoms with Crippen molar-refractivity contribution < 1.29 is 9.53 Å². The fraction of sp³-hybridized carbons (Fsp3) is 0.591. The van der Waals surface area contributed by atoms with Gasteiger partial charge in [-0.15, -0.1) is 0 Å². The van der Waals surface area contributed by atoms with E-state index >= 15 is 0 Å². The number of fused-ring (bicyclic) bond motifs is 1. The molecule has 0 unspecified atom stereocenters. The molecular weight excluding hydrogens is 388 g/mol. The van der Waals surface area contributed by atoms with Gasteiger partial charge in [-0.3, -0.25) is 4.98 Å². The molecule has 1 aliphatic heterocycles. The van der Waals surface area contributed by atoms with Crippen molar-refractivity contribution >= 4 is 34.4 Å². The lowest BCUT2D eigenvalue weighted by Crippen LogP contribution is -2.55. The number of nitrogens with one attached hydrogen (secondary N) is 1. The van der Waals surface area contributed by atoms with Crippen LogP contribution in [0.3, 0.4) is 0 Å². The SMILES string of the molecule is CC[C@@H]1C[C@@H](Nc2nc(Cl)cc3ncccc23)C[C@H](CC)N1C(=O)OC(C)(C)C.